The molecule has 3 aromatic rings. The summed E-state index contributed by atoms with van der Waals surface area (Å²) in [6, 6.07) is 11.9. The van der Waals surface area contributed by atoms with E-state index in [1.807, 2.05) is 12.3 Å². The number of aromatic nitrogens is 1. The van der Waals surface area contributed by atoms with Crippen LogP contribution in [0.3, 0.4) is 0 Å². The number of ether oxygens (including phenoxy) is 1. The van der Waals surface area contributed by atoms with Gasteiger partial charge in [0.2, 0.25) is 0 Å². The first-order valence-corrected chi connectivity index (χ1v) is 11.6. The lowest BCUT2D eigenvalue weighted by atomic mass is 9.89. The number of rotatable bonds is 4. The van der Waals surface area contributed by atoms with Crippen LogP contribution in [0.15, 0.2) is 42.6 Å². The topological polar surface area (TPSA) is 31.5 Å². The molecule has 0 spiro atoms. The molecule has 2 aromatic carbocycles. The van der Waals surface area contributed by atoms with Gasteiger partial charge in [-0.15, -0.1) is 0 Å². The number of methoxy groups -OCH3 is 1. The molecule has 2 aliphatic heterocycles. The maximum Gasteiger partial charge on any atom is 0.142 e. The highest BCUT2D eigenvalue weighted by atomic mass is 19.1. The van der Waals surface area contributed by atoms with Crippen LogP contribution < -0.4 is 14.5 Å². The molecule has 1 aromatic heterocycles. The standard InChI is InChI=1S/C26H32FN3O/c1-18-8-12-30(13-9-18)24-16-20(6-7-25(24)31-2)29-14-10-19(11-15-29)21-17-28-23-5-3-4-22(27)26(21)23/h3-7,16-19,28H,8-15H2,1-2H3. The number of benzene rings is 2. The summed E-state index contributed by atoms with van der Waals surface area (Å²) in [5.41, 5.74) is 4.50. The van der Waals surface area contributed by atoms with E-state index in [1.54, 1.807) is 19.2 Å². The van der Waals surface area contributed by atoms with Crippen LogP contribution in [0.25, 0.3) is 10.9 Å². The summed E-state index contributed by atoms with van der Waals surface area (Å²) in [5, 5.41) is 0.770. The largest absolute Gasteiger partial charge is 0.495 e. The average Bonchev–Trinajstić information content (AvgIpc) is 3.25. The number of aromatic amines is 1. The van der Waals surface area contributed by atoms with Crippen molar-refractivity contribution in [2.45, 2.75) is 38.5 Å². The third-order valence-electron chi connectivity index (χ3n) is 7.27. The van der Waals surface area contributed by atoms with Crippen molar-refractivity contribution in [2.24, 2.45) is 5.92 Å². The number of nitrogens with zero attached hydrogens (tertiary/aromatic N) is 2. The zero-order valence-corrected chi connectivity index (χ0v) is 18.5. The molecular formula is C26H32FN3O. The number of piperidine rings is 2. The SMILES string of the molecule is COc1ccc(N2CCC(c3c[nH]c4cccc(F)c34)CC2)cc1N1CCC(C)CC1. The van der Waals surface area contributed by atoms with Crippen molar-refractivity contribution in [3.8, 4) is 5.75 Å². The minimum atomic E-state index is -0.119. The van der Waals surface area contributed by atoms with Crippen LogP contribution in [-0.2, 0) is 0 Å². The minimum absolute atomic E-state index is 0.119. The first kappa shape index (κ1) is 20.2. The van der Waals surface area contributed by atoms with Crippen LogP contribution in [-0.4, -0.2) is 38.3 Å². The Balaban J connectivity index is 1.33. The summed E-state index contributed by atoms with van der Waals surface area (Å²) in [5.74, 6) is 2.04. The van der Waals surface area contributed by atoms with Gasteiger partial charge in [0.15, 0.2) is 0 Å². The van der Waals surface area contributed by atoms with Gasteiger partial charge < -0.3 is 19.5 Å². The van der Waals surface area contributed by atoms with Gasteiger partial charge in [0.05, 0.1) is 12.8 Å². The predicted octanol–water partition coefficient (Wildman–Crippen LogP) is 5.94. The Morgan fingerprint density at radius 3 is 2.45 bits per heavy atom. The molecule has 0 atom stereocenters. The molecule has 0 unspecified atom stereocenters. The monoisotopic (exact) mass is 421 g/mol. The molecule has 2 saturated heterocycles. The van der Waals surface area contributed by atoms with Gasteiger partial charge in [-0.05, 0) is 73.4 Å². The number of hydrogen-bond acceptors (Lipinski definition) is 3. The van der Waals surface area contributed by atoms with E-state index in [0.29, 0.717) is 5.92 Å². The van der Waals surface area contributed by atoms with E-state index in [0.717, 1.165) is 67.2 Å². The van der Waals surface area contributed by atoms with Crippen LogP contribution in [0.1, 0.15) is 44.1 Å². The Labute approximate surface area is 184 Å². The molecule has 4 nitrogen and oxygen atoms in total. The van der Waals surface area contributed by atoms with E-state index in [-0.39, 0.29) is 5.82 Å². The maximum atomic E-state index is 14.4. The molecule has 1 N–H and O–H groups in total. The highest BCUT2D eigenvalue weighted by molar-refractivity contribution is 5.84. The fourth-order valence-corrected chi connectivity index (χ4v) is 5.31. The van der Waals surface area contributed by atoms with E-state index in [1.165, 1.54) is 24.2 Å². The van der Waals surface area contributed by atoms with Crippen molar-refractivity contribution in [2.75, 3.05) is 43.1 Å². The summed E-state index contributed by atoms with van der Waals surface area (Å²) < 4.78 is 20.1. The molecule has 0 amide bonds. The molecule has 0 aliphatic carbocycles. The molecule has 2 fully saturated rings. The van der Waals surface area contributed by atoms with Gasteiger partial charge >= 0.3 is 0 Å². The Kier molecular flexibility index (Phi) is 5.51. The number of H-pyrrole nitrogens is 1. The maximum absolute atomic E-state index is 14.4. The van der Waals surface area contributed by atoms with E-state index in [2.05, 4.69) is 39.9 Å². The molecule has 0 bridgehead atoms. The van der Waals surface area contributed by atoms with Crippen molar-refractivity contribution in [1.82, 2.24) is 4.98 Å². The molecule has 5 heteroatoms. The van der Waals surface area contributed by atoms with Crippen molar-refractivity contribution >= 4 is 22.3 Å². The average molecular weight is 422 g/mol. The number of nitrogens with one attached hydrogen (secondary N) is 1. The van der Waals surface area contributed by atoms with E-state index < -0.39 is 0 Å². The molecule has 0 saturated carbocycles. The van der Waals surface area contributed by atoms with Gasteiger partial charge in [-0.3, -0.25) is 0 Å². The van der Waals surface area contributed by atoms with E-state index in [4.69, 9.17) is 4.74 Å². The van der Waals surface area contributed by atoms with Crippen LogP contribution in [0.2, 0.25) is 0 Å². The Morgan fingerprint density at radius 1 is 0.968 bits per heavy atom. The Morgan fingerprint density at radius 2 is 1.71 bits per heavy atom. The van der Waals surface area contributed by atoms with Crippen molar-refractivity contribution in [3.05, 3.63) is 54.0 Å². The van der Waals surface area contributed by atoms with E-state index >= 15 is 0 Å². The normalized spacial score (nSPS) is 18.7. The second-order valence-corrected chi connectivity index (χ2v) is 9.19. The highest BCUT2D eigenvalue weighted by Gasteiger charge is 2.25. The lowest BCUT2D eigenvalue weighted by Crippen LogP contribution is -2.34. The van der Waals surface area contributed by atoms with Gasteiger partial charge in [-0.1, -0.05) is 13.0 Å². The Hall–Kier alpha value is -2.69. The second-order valence-electron chi connectivity index (χ2n) is 9.19. The van der Waals surface area contributed by atoms with Gasteiger partial charge in [-0.25, -0.2) is 4.39 Å². The van der Waals surface area contributed by atoms with Gasteiger partial charge in [0.25, 0.3) is 0 Å². The fraction of sp³-hybridized carbons (Fsp3) is 0.462. The van der Waals surface area contributed by atoms with Crippen LogP contribution in [0, 0.1) is 11.7 Å². The minimum Gasteiger partial charge on any atom is -0.495 e. The first-order valence-electron chi connectivity index (χ1n) is 11.6. The lowest BCUT2D eigenvalue weighted by molar-refractivity contribution is 0.404. The van der Waals surface area contributed by atoms with Gasteiger partial charge in [0, 0.05) is 49.0 Å². The predicted molar refractivity (Wildman–Crippen MR) is 126 cm³/mol. The summed E-state index contributed by atoms with van der Waals surface area (Å²) in [6.45, 7) is 6.49. The number of hydrogen-bond donors (Lipinski definition) is 1. The van der Waals surface area contributed by atoms with Crippen LogP contribution >= 0.6 is 0 Å². The van der Waals surface area contributed by atoms with Gasteiger partial charge in [-0.2, -0.15) is 0 Å². The molecule has 164 valence electrons. The van der Waals surface area contributed by atoms with Crippen molar-refractivity contribution in [3.63, 3.8) is 0 Å². The smallest absolute Gasteiger partial charge is 0.142 e. The molecule has 2 aliphatic rings. The van der Waals surface area contributed by atoms with Gasteiger partial charge in [0.1, 0.15) is 11.6 Å². The third-order valence-corrected chi connectivity index (χ3v) is 7.27. The number of fused-ring (bicyclic) bond motifs is 1. The summed E-state index contributed by atoms with van der Waals surface area (Å²) >= 11 is 0. The lowest BCUT2D eigenvalue weighted by Gasteiger charge is -2.36. The molecule has 3 heterocycles. The highest BCUT2D eigenvalue weighted by Crippen LogP contribution is 2.39. The van der Waals surface area contributed by atoms with Crippen LogP contribution in [0.4, 0.5) is 15.8 Å². The van der Waals surface area contributed by atoms with Crippen molar-refractivity contribution in [1.29, 1.82) is 0 Å². The molecule has 0 radical (unpaired) electrons. The zero-order chi connectivity index (χ0) is 21.4. The van der Waals surface area contributed by atoms with Crippen LogP contribution in [0.5, 0.6) is 5.75 Å². The Bertz CT molecular complexity index is 1050. The molecule has 5 rings (SSSR count). The molecule has 31 heavy (non-hydrogen) atoms. The fourth-order valence-electron chi connectivity index (χ4n) is 5.31. The summed E-state index contributed by atoms with van der Waals surface area (Å²) in [7, 11) is 1.76. The number of anilines is 2. The first-order chi connectivity index (χ1) is 15.1. The summed E-state index contributed by atoms with van der Waals surface area (Å²) in [6.07, 6.45) is 6.55. The van der Waals surface area contributed by atoms with E-state index in [9.17, 15) is 4.39 Å². The molecular weight excluding hydrogens is 389 g/mol. The van der Waals surface area contributed by atoms with Crippen molar-refractivity contribution < 1.29 is 9.13 Å². The number of halogens is 1. The third kappa shape index (κ3) is 3.86. The second kappa shape index (κ2) is 8.45. The summed E-state index contributed by atoms with van der Waals surface area (Å²) in [4.78, 5) is 8.20. The zero-order valence-electron chi connectivity index (χ0n) is 18.5. The quantitative estimate of drug-likeness (QED) is 0.566.